The van der Waals surface area contributed by atoms with Crippen LogP contribution in [0.3, 0.4) is 0 Å². The van der Waals surface area contributed by atoms with Crippen molar-refractivity contribution in [3.63, 3.8) is 0 Å². The van der Waals surface area contributed by atoms with E-state index in [0.29, 0.717) is 17.7 Å². The SMILES string of the molecule is Cc1ccc2c(c1)S[C@@H](C(=O)NNC(=O)[C@@H](C)Oc1ccc(C#N)cc1)C2. The van der Waals surface area contributed by atoms with Gasteiger partial charge in [0.15, 0.2) is 6.10 Å². The Labute approximate surface area is 161 Å². The molecule has 0 radical (unpaired) electrons. The molecule has 7 heteroatoms. The maximum atomic E-state index is 12.3. The Morgan fingerprint density at radius 2 is 1.96 bits per heavy atom. The fourth-order valence-corrected chi connectivity index (χ4v) is 3.94. The number of carbonyl (C=O) groups is 2. The number of fused-ring (bicyclic) bond motifs is 1. The number of nitrogens with zero attached hydrogens (tertiary/aromatic N) is 1. The lowest BCUT2D eigenvalue weighted by atomic mass is 10.1. The number of rotatable bonds is 4. The van der Waals surface area contributed by atoms with Crippen LogP contribution in [-0.2, 0) is 16.0 Å². The molecule has 2 aromatic rings. The maximum absolute atomic E-state index is 12.3. The molecule has 3 rings (SSSR count). The summed E-state index contributed by atoms with van der Waals surface area (Å²) in [4.78, 5) is 25.6. The lowest BCUT2D eigenvalue weighted by Gasteiger charge is -2.16. The quantitative estimate of drug-likeness (QED) is 0.794. The number of ether oxygens (including phenoxy) is 1. The van der Waals surface area contributed by atoms with Gasteiger partial charge < -0.3 is 4.74 Å². The zero-order chi connectivity index (χ0) is 19.4. The van der Waals surface area contributed by atoms with Crippen LogP contribution in [0.5, 0.6) is 5.75 Å². The predicted molar refractivity (Wildman–Crippen MR) is 102 cm³/mol. The average Bonchev–Trinajstić information content (AvgIpc) is 3.09. The summed E-state index contributed by atoms with van der Waals surface area (Å²) >= 11 is 1.50. The molecule has 2 atom stereocenters. The van der Waals surface area contributed by atoms with Crippen molar-refractivity contribution in [1.29, 1.82) is 5.26 Å². The lowest BCUT2D eigenvalue weighted by Crippen LogP contribution is -2.49. The van der Waals surface area contributed by atoms with Crippen LogP contribution in [0.1, 0.15) is 23.6 Å². The largest absolute Gasteiger partial charge is 0.481 e. The number of aryl methyl sites for hydroxylation is 1. The highest BCUT2D eigenvalue weighted by atomic mass is 32.2. The van der Waals surface area contributed by atoms with Gasteiger partial charge in [0.25, 0.3) is 11.8 Å². The topological polar surface area (TPSA) is 91.2 Å². The Balaban J connectivity index is 1.48. The second-order valence-corrected chi connectivity index (χ2v) is 7.54. The van der Waals surface area contributed by atoms with Gasteiger partial charge in [-0.05, 0) is 56.2 Å². The number of benzene rings is 2. The van der Waals surface area contributed by atoms with Crippen molar-refractivity contribution >= 4 is 23.6 Å². The summed E-state index contributed by atoms with van der Waals surface area (Å²) in [7, 11) is 0. The van der Waals surface area contributed by atoms with Gasteiger partial charge >= 0.3 is 0 Å². The number of hydrogen-bond donors (Lipinski definition) is 2. The van der Waals surface area contributed by atoms with Crippen LogP contribution in [0.15, 0.2) is 47.4 Å². The molecule has 0 unspecified atom stereocenters. The second kappa shape index (κ2) is 8.14. The molecule has 1 heterocycles. The zero-order valence-electron chi connectivity index (χ0n) is 15.0. The molecule has 6 nitrogen and oxygen atoms in total. The highest BCUT2D eigenvalue weighted by molar-refractivity contribution is 8.01. The fourth-order valence-electron chi connectivity index (χ4n) is 2.65. The van der Waals surface area contributed by atoms with Gasteiger partial charge in [-0.2, -0.15) is 5.26 Å². The van der Waals surface area contributed by atoms with Gasteiger partial charge in [-0.25, -0.2) is 0 Å². The number of thioether (sulfide) groups is 1. The summed E-state index contributed by atoms with van der Waals surface area (Å²) in [5.74, 6) is -0.225. The molecule has 0 fully saturated rings. The van der Waals surface area contributed by atoms with Crippen molar-refractivity contribution in [2.75, 3.05) is 0 Å². The number of hydrazine groups is 1. The normalized spacial score (nSPS) is 16.0. The summed E-state index contributed by atoms with van der Waals surface area (Å²) in [6.07, 6.45) is -0.159. The molecule has 2 N–H and O–H groups in total. The molecular weight excluding hydrogens is 362 g/mol. The van der Waals surface area contributed by atoms with Crippen molar-refractivity contribution in [1.82, 2.24) is 10.9 Å². The monoisotopic (exact) mass is 381 g/mol. The van der Waals surface area contributed by atoms with Gasteiger partial charge in [0.2, 0.25) is 0 Å². The number of nitrogens with one attached hydrogen (secondary N) is 2. The Kier molecular flexibility index (Phi) is 5.67. The lowest BCUT2D eigenvalue weighted by molar-refractivity contribution is -0.132. The van der Waals surface area contributed by atoms with E-state index in [-0.39, 0.29) is 11.2 Å². The van der Waals surface area contributed by atoms with E-state index in [1.54, 1.807) is 31.2 Å². The molecule has 138 valence electrons. The standard InChI is InChI=1S/C20H19N3O3S/c1-12-3-6-15-10-18(27-17(15)9-12)20(25)23-22-19(24)13(2)26-16-7-4-14(11-21)5-8-16/h3-9,13,18H,10H2,1-2H3,(H,22,24)(H,23,25)/t13-,18-/m1/s1. The Hall–Kier alpha value is -2.98. The van der Waals surface area contributed by atoms with Crippen LogP contribution >= 0.6 is 11.8 Å². The van der Waals surface area contributed by atoms with Crippen molar-refractivity contribution in [2.24, 2.45) is 0 Å². The van der Waals surface area contributed by atoms with Crippen LogP contribution in [-0.4, -0.2) is 23.2 Å². The first-order valence-electron chi connectivity index (χ1n) is 8.49. The molecule has 0 saturated carbocycles. The first-order chi connectivity index (χ1) is 13.0. The summed E-state index contributed by atoms with van der Waals surface area (Å²) in [6.45, 7) is 3.60. The van der Waals surface area contributed by atoms with Gasteiger partial charge in [0.1, 0.15) is 5.75 Å². The van der Waals surface area contributed by atoms with Gasteiger partial charge in [0.05, 0.1) is 16.9 Å². The summed E-state index contributed by atoms with van der Waals surface area (Å²) in [5, 5.41) is 8.52. The molecule has 0 aromatic heterocycles. The van der Waals surface area contributed by atoms with Crippen LogP contribution in [0, 0.1) is 18.3 Å². The molecule has 27 heavy (non-hydrogen) atoms. The van der Waals surface area contributed by atoms with E-state index in [4.69, 9.17) is 10.00 Å². The molecule has 0 spiro atoms. The van der Waals surface area contributed by atoms with Crippen molar-refractivity contribution in [2.45, 2.75) is 36.5 Å². The van der Waals surface area contributed by atoms with E-state index < -0.39 is 12.0 Å². The minimum atomic E-state index is -0.797. The minimum Gasteiger partial charge on any atom is -0.481 e. The molecule has 1 aliphatic heterocycles. The fraction of sp³-hybridized carbons (Fsp3) is 0.250. The van der Waals surface area contributed by atoms with Crippen molar-refractivity contribution < 1.29 is 14.3 Å². The first kappa shape index (κ1) is 18.8. The van der Waals surface area contributed by atoms with Gasteiger partial charge in [-0.3, -0.25) is 20.4 Å². The molecular formula is C20H19N3O3S. The summed E-state index contributed by atoms with van der Waals surface area (Å²) in [5.41, 5.74) is 7.70. The Morgan fingerprint density at radius 3 is 2.67 bits per heavy atom. The van der Waals surface area contributed by atoms with Crippen LogP contribution in [0.4, 0.5) is 0 Å². The highest BCUT2D eigenvalue weighted by Gasteiger charge is 2.29. The third kappa shape index (κ3) is 4.60. The van der Waals surface area contributed by atoms with Gasteiger partial charge in [-0.1, -0.05) is 17.7 Å². The van der Waals surface area contributed by atoms with E-state index >= 15 is 0 Å². The highest BCUT2D eigenvalue weighted by Crippen LogP contribution is 2.37. The Bertz CT molecular complexity index is 906. The third-order valence-electron chi connectivity index (χ3n) is 4.16. The average molecular weight is 381 g/mol. The minimum absolute atomic E-state index is 0.243. The van der Waals surface area contributed by atoms with E-state index in [0.717, 1.165) is 16.0 Å². The van der Waals surface area contributed by atoms with Crippen molar-refractivity contribution in [3.05, 3.63) is 59.2 Å². The van der Waals surface area contributed by atoms with Crippen LogP contribution in [0.2, 0.25) is 0 Å². The van der Waals surface area contributed by atoms with E-state index in [1.807, 2.05) is 25.1 Å². The maximum Gasteiger partial charge on any atom is 0.279 e. The molecule has 0 bridgehead atoms. The summed E-state index contributed by atoms with van der Waals surface area (Å²) in [6, 6.07) is 14.6. The number of carbonyl (C=O) groups excluding carboxylic acids is 2. The van der Waals surface area contributed by atoms with E-state index in [1.165, 1.54) is 11.8 Å². The molecule has 0 aliphatic carbocycles. The summed E-state index contributed by atoms with van der Waals surface area (Å²) < 4.78 is 5.52. The second-order valence-electron chi connectivity index (χ2n) is 6.30. The Morgan fingerprint density at radius 1 is 1.22 bits per heavy atom. The van der Waals surface area contributed by atoms with E-state index in [9.17, 15) is 9.59 Å². The number of hydrogen-bond acceptors (Lipinski definition) is 5. The van der Waals surface area contributed by atoms with E-state index in [2.05, 4.69) is 16.9 Å². The van der Waals surface area contributed by atoms with Crippen molar-refractivity contribution in [3.8, 4) is 11.8 Å². The third-order valence-corrected chi connectivity index (χ3v) is 5.46. The molecule has 1 aliphatic rings. The predicted octanol–water partition coefficient (Wildman–Crippen LogP) is 2.50. The number of amides is 2. The molecule has 2 aromatic carbocycles. The molecule has 0 saturated heterocycles. The molecule has 2 amide bonds. The van der Waals surface area contributed by atoms with Crippen LogP contribution in [0.25, 0.3) is 0 Å². The first-order valence-corrected chi connectivity index (χ1v) is 9.37. The number of nitriles is 1. The van der Waals surface area contributed by atoms with Crippen LogP contribution < -0.4 is 15.6 Å². The van der Waals surface area contributed by atoms with Gasteiger partial charge in [-0.15, -0.1) is 11.8 Å². The zero-order valence-corrected chi connectivity index (χ0v) is 15.8. The smallest absolute Gasteiger partial charge is 0.279 e. The van der Waals surface area contributed by atoms with Gasteiger partial charge in [0, 0.05) is 4.90 Å².